The van der Waals surface area contributed by atoms with Crippen LogP contribution in [0.4, 0.5) is 0 Å². The summed E-state index contributed by atoms with van der Waals surface area (Å²) in [7, 11) is 0. The molecule has 0 spiro atoms. The van der Waals surface area contributed by atoms with Crippen LogP contribution >= 0.6 is 0 Å². The van der Waals surface area contributed by atoms with Crippen molar-refractivity contribution in [1.29, 1.82) is 0 Å². The van der Waals surface area contributed by atoms with Gasteiger partial charge in [0.2, 0.25) is 0 Å². The van der Waals surface area contributed by atoms with Crippen LogP contribution in [0.2, 0.25) is 0 Å². The highest BCUT2D eigenvalue weighted by Crippen LogP contribution is 2.19. The number of rotatable bonds is 3. The molecule has 23 heavy (non-hydrogen) atoms. The monoisotopic (exact) mass is 303 g/mol. The first-order valence-electron chi connectivity index (χ1n) is 7.28. The summed E-state index contributed by atoms with van der Waals surface area (Å²) >= 11 is 0. The molecule has 5 nitrogen and oxygen atoms in total. The van der Waals surface area contributed by atoms with E-state index in [-0.39, 0.29) is 5.56 Å². The normalized spacial score (nSPS) is 11.0. The van der Waals surface area contributed by atoms with E-state index in [2.05, 4.69) is 15.1 Å². The zero-order valence-electron chi connectivity index (χ0n) is 12.2. The topological polar surface area (TPSA) is 71.8 Å². The molecule has 0 saturated heterocycles. The lowest BCUT2D eigenvalue weighted by Gasteiger charge is -2.00. The highest BCUT2D eigenvalue weighted by atomic mass is 16.5. The molecule has 0 unspecified atom stereocenters. The van der Waals surface area contributed by atoms with Crippen LogP contribution in [0.5, 0.6) is 0 Å². The molecule has 0 atom stereocenters. The van der Waals surface area contributed by atoms with E-state index in [1.807, 2.05) is 60.7 Å². The van der Waals surface area contributed by atoms with Gasteiger partial charge in [-0.25, -0.2) is 4.98 Å². The van der Waals surface area contributed by atoms with Crippen LogP contribution < -0.4 is 5.56 Å². The van der Waals surface area contributed by atoms with Gasteiger partial charge in [0.15, 0.2) is 0 Å². The summed E-state index contributed by atoms with van der Waals surface area (Å²) in [6, 6.07) is 19.0. The van der Waals surface area contributed by atoms with Gasteiger partial charge in [-0.1, -0.05) is 47.6 Å². The average molecular weight is 303 g/mol. The summed E-state index contributed by atoms with van der Waals surface area (Å²) in [6.07, 6.45) is 0.306. The average Bonchev–Trinajstić information content (AvgIpc) is 3.05. The van der Waals surface area contributed by atoms with Gasteiger partial charge in [0.25, 0.3) is 5.56 Å². The third-order valence-corrected chi connectivity index (χ3v) is 3.64. The Kier molecular flexibility index (Phi) is 3.24. The minimum Gasteiger partial charge on any atom is -0.360 e. The Labute approximate surface area is 131 Å². The van der Waals surface area contributed by atoms with Gasteiger partial charge < -0.3 is 9.51 Å². The number of H-pyrrole nitrogens is 1. The number of benzene rings is 2. The van der Waals surface area contributed by atoms with Crippen LogP contribution in [-0.2, 0) is 6.42 Å². The molecular weight excluding hydrogens is 290 g/mol. The molecule has 2 aromatic carbocycles. The number of nitrogens with zero attached hydrogens (tertiary/aromatic N) is 2. The van der Waals surface area contributed by atoms with Crippen LogP contribution in [0.25, 0.3) is 22.3 Å². The van der Waals surface area contributed by atoms with Gasteiger partial charge in [0.05, 0.1) is 17.5 Å². The standard InChI is InChI=1S/C18H13N3O2/c22-18-17(19-14-8-4-5-9-15(14)20-18)11-13-10-16(21-23-13)12-6-2-1-3-7-12/h1-10H,11H2,(H,20,22). The van der Waals surface area contributed by atoms with E-state index in [1.54, 1.807) is 0 Å². The van der Waals surface area contributed by atoms with Gasteiger partial charge in [-0.15, -0.1) is 0 Å². The van der Waals surface area contributed by atoms with Crippen LogP contribution in [0.3, 0.4) is 0 Å². The predicted molar refractivity (Wildman–Crippen MR) is 87.1 cm³/mol. The summed E-state index contributed by atoms with van der Waals surface area (Å²) in [5.74, 6) is 0.608. The predicted octanol–water partition coefficient (Wildman–Crippen LogP) is 3.17. The Morgan fingerprint density at radius 3 is 2.65 bits per heavy atom. The summed E-state index contributed by atoms with van der Waals surface area (Å²) in [6.45, 7) is 0. The third-order valence-electron chi connectivity index (χ3n) is 3.64. The maximum absolute atomic E-state index is 12.1. The van der Waals surface area contributed by atoms with E-state index in [9.17, 15) is 4.79 Å². The largest absolute Gasteiger partial charge is 0.360 e. The first kappa shape index (κ1) is 13.5. The molecule has 0 radical (unpaired) electrons. The number of para-hydroxylation sites is 2. The molecule has 4 aromatic rings. The lowest BCUT2D eigenvalue weighted by atomic mass is 10.1. The number of fused-ring (bicyclic) bond motifs is 1. The van der Waals surface area contributed by atoms with Gasteiger partial charge in [-0.2, -0.15) is 0 Å². The summed E-state index contributed by atoms with van der Waals surface area (Å²) in [5.41, 5.74) is 3.41. The molecular formula is C18H13N3O2. The second kappa shape index (κ2) is 5.53. The number of aromatic amines is 1. The first-order chi connectivity index (χ1) is 11.3. The van der Waals surface area contributed by atoms with Crippen molar-refractivity contribution in [3.8, 4) is 11.3 Å². The molecule has 0 fully saturated rings. The molecule has 112 valence electrons. The second-order valence-electron chi connectivity index (χ2n) is 5.25. The quantitative estimate of drug-likeness (QED) is 0.631. The van der Waals surface area contributed by atoms with E-state index in [0.29, 0.717) is 17.9 Å². The van der Waals surface area contributed by atoms with Gasteiger partial charge >= 0.3 is 0 Å². The van der Waals surface area contributed by atoms with E-state index < -0.39 is 0 Å². The van der Waals surface area contributed by atoms with E-state index in [1.165, 1.54) is 0 Å². The Morgan fingerprint density at radius 1 is 1.00 bits per heavy atom. The maximum Gasteiger partial charge on any atom is 0.270 e. The Bertz CT molecular complexity index is 1020. The SMILES string of the molecule is O=c1[nH]c2ccccc2nc1Cc1cc(-c2ccccc2)no1. The van der Waals surface area contributed by atoms with Crippen molar-refractivity contribution >= 4 is 11.0 Å². The molecule has 0 aliphatic heterocycles. The van der Waals surface area contributed by atoms with Crippen LogP contribution in [0, 0.1) is 0 Å². The van der Waals surface area contributed by atoms with Crippen molar-refractivity contribution < 1.29 is 4.52 Å². The fourth-order valence-corrected chi connectivity index (χ4v) is 2.49. The van der Waals surface area contributed by atoms with Crippen molar-refractivity contribution in [2.45, 2.75) is 6.42 Å². The molecule has 2 heterocycles. The molecule has 0 bridgehead atoms. The lowest BCUT2D eigenvalue weighted by molar-refractivity contribution is 0.390. The summed E-state index contributed by atoms with van der Waals surface area (Å²) < 4.78 is 5.35. The van der Waals surface area contributed by atoms with Crippen molar-refractivity contribution in [2.24, 2.45) is 0 Å². The van der Waals surface area contributed by atoms with E-state index in [0.717, 1.165) is 22.3 Å². The minimum atomic E-state index is -0.207. The molecule has 0 amide bonds. The zero-order valence-corrected chi connectivity index (χ0v) is 12.2. The summed E-state index contributed by atoms with van der Waals surface area (Å²) in [5, 5.41) is 4.06. The Balaban J connectivity index is 1.67. The van der Waals surface area contributed by atoms with Crippen molar-refractivity contribution in [1.82, 2.24) is 15.1 Å². The van der Waals surface area contributed by atoms with Crippen molar-refractivity contribution in [2.75, 3.05) is 0 Å². The Morgan fingerprint density at radius 2 is 1.78 bits per heavy atom. The second-order valence-corrected chi connectivity index (χ2v) is 5.25. The molecule has 5 heteroatoms. The van der Waals surface area contributed by atoms with Crippen LogP contribution in [0.1, 0.15) is 11.5 Å². The highest BCUT2D eigenvalue weighted by molar-refractivity contribution is 5.73. The van der Waals surface area contributed by atoms with Crippen molar-refractivity contribution in [3.63, 3.8) is 0 Å². The molecule has 4 rings (SSSR count). The smallest absolute Gasteiger partial charge is 0.270 e. The number of aromatic nitrogens is 3. The highest BCUT2D eigenvalue weighted by Gasteiger charge is 2.11. The fraction of sp³-hybridized carbons (Fsp3) is 0.0556. The molecule has 0 saturated carbocycles. The molecule has 0 aliphatic carbocycles. The third kappa shape index (κ3) is 2.64. The van der Waals surface area contributed by atoms with Crippen LogP contribution in [0.15, 0.2) is 70.0 Å². The van der Waals surface area contributed by atoms with Gasteiger partial charge in [0.1, 0.15) is 17.1 Å². The summed E-state index contributed by atoms with van der Waals surface area (Å²) in [4.78, 5) is 19.4. The zero-order chi connectivity index (χ0) is 15.6. The van der Waals surface area contributed by atoms with Crippen molar-refractivity contribution in [3.05, 3.63) is 82.5 Å². The minimum absolute atomic E-state index is 0.207. The van der Waals surface area contributed by atoms with Gasteiger partial charge in [0, 0.05) is 11.6 Å². The molecule has 1 N–H and O–H groups in total. The van der Waals surface area contributed by atoms with Gasteiger partial charge in [-0.3, -0.25) is 4.79 Å². The number of nitrogens with one attached hydrogen (secondary N) is 1. The van der Waals surface area contributed by atoms with Crippen LogP contribution in [-0.4, -0.2) is 15.1 Å². The maximum atomic E-state index is 12.1. The van der Waals surface area contributed by atoms with E-state index in [4.69, 9.17) is 4.52 Å². The number of hydrogen-bond donors (Lipinski definition) is 1. The first-order valence-corrected chi connectivity index (χ1v) is 7.28. The van der Waals surface area contributed by atoms with E-state index >= 15 is 0 Å². The number of hydrogen-bond acceptors (Lipinski definition) is 4. The lowest BCUT2D eigenvalue weighted by Crippen LogP contribution is -2.15. The molecule has 2 aromatic heterocycles. The Hall–Kier alpha value is -3.21. The fourth-order valence-electron chi connectivity index (χ4n) is 2.49. The molecule has 0 aliphatic rings. The van der Waals surface area contributed by atoms with Gasteiger partial charge in [-0.05, 0) is 12.1 Å².